The Bertz CT molecular complexity index is 198. The molecule has 15 heavy (non-hydrogen) atoms. The number of rotatable bonds is 5. The summed E-state index contributed by atoms with van der Waals surface area (Å²) in [7, 11) is 0. The second kappa shape index (κ2) is 5.28. The molecule has 1 saturated heterocycles. The average molecular weight is 214 g/mol. The third-order valence-corrected chi connectivity index (χ3v) is 3.53. The molecule has 0 aromatic rings. The molecule has 0 saturated carbocycles. The molecule has 1 heterocycles. The minimum Gasteiger partial charge on any atom is -0.380 e. The topological polar surface area (TPSA) is 38.5 Å². The molecule has 1 aliphatic rings. The standard InChI is InChI=1S/C12H26N2O/c1-5-15-9-12(4,8-13)14-7-10(2)6-11(14)3/h10-11H,5-9,13H2,1-4H3. The van der Waals surface area contributed by atoms with Crippen molar-refractivity contribution < 1.29 is 4.74 Å². The molecule has 2 N–H and O–H groups in total. The van der Waals surface area contributed by atoms with Gasteiger partial charge in [0.2, 0.25) is 0 Å². The molecule has 0 aromatic carbocycles. The van der Waals surface area contributed by atoms with Crippen molar-refractivity contribution in [2.45, 2.75) is 45.7 Å². The first-order valence-electron chi connectivity index (χ1n) is 6.08. The van der Waals surface area contributed by atoms with Crippen molar-refractivity contribution in [3.8, 4) is 0 Å². The molecule has 3 atom stereocenters. The van der Waals surface area contributed by atoms with Gasteiger partial charge >= 0.3 is 0 Å². The summed E-state index contributed by atoms with van der Waals surface area (Å²) < 4.78 is 5.56. The first kappa shape index (κ1) is 12.9. The van der Waals surface area contributed by atoms with Crippen LogP contribution < -0.4 is 5.73 Å². The summed E-state index contributed by atoms with van der Waals surface area (Å²) in [6, 6.07) is 0.633. The summed E-state index contributed by atoms with van der Waals surface area (Å²) in [4.78, 5) is 2.52. The van der Waals surface area contributed by atoms with Crippen molar-refractivity contribution in [1.29, 1.82) is 0 Å². The maximum absolute atomic E-state index is 5.91. The molecule has 1 fully saturated rings. The second-order valence-corrected chi connectivity index (χ2v) is 5.18. The molecule has 3 unspecified atom stereocenters. The molecule has 0 aliphatic carbocycles. The Hall–Kier alpha value is -0.120. The zero-order valence-corrected chi connectivity index (χ0v) is 10.6. The minimum absolute atomic E-state index is 0.0141. The Balaban J connectivity index is 2.63. The van der Waals surface area contributed by atoms with E-state index in [-0.39, 0.29) is 5.54 Å². The minimum atomic E-state index is 0.0141. The van der Waals surface area contributed by atoms with Gasteiger partial charge in [-0.25, -0.2) is 0 Å². The van der Waals surface area contributed by atoms with E-state index in [0.717, 1.165) is 25.7 Å². The highest BCUT2D eigenvalue weighted by atomic mass is 16.5. The fraction of sp³-hybridized carbons (Fsp3) is 1.00. The van der Waals surface area contributed by atoms with E-state index in [1.807, 2.05) is 6.92 Å². The molecule has 0 bridgehead atoms. The van der Waals surface area contributed by atoms with Gasteiger partial charge in [0.25, 0.3) is 0 Å². The van der Waals surface area contributed by atoms with Gasteiger partial charge in [-0.15, -0.1) is 0 Å². The molecule has 3 heteroatoms. The van der Waals surface area contributed by atoms with E-state index < -0.39 is 0 Å². The summed E-state index contributed by atoms with van der Waals surface area (Å²) >= 11 is 0. The van der Waals surface area contributed by atoms with E-state index in [4.69, 9.17) is 10.5 Å². The number of nitrogens with zero attached hydrogens (tertiary/aromatic N) is 1. The van der Waals surface area contributed by atoms with Crippen molar-refractivity contribution in [2.75, 3.05) is 26.3 Å². The molecule has 1 aliphatic heterocycles. The summed E-state index contributed by atoms with van der Waals surface area (Å²) in [6.45, 7) is 12.2. The summed E-state index contributed by atoms with van der Waals surface area (Å²) in [5.41, 5.74) is 5.93. The normalized spacial score (nSPS) is 31.8. The van der Waals surface area contributed by atoms with Gasteiger partial charge in [0.15, 0.2) is 0 Å². The van der Waals surface area contributed by atoms with Crippen molar-refractivity contribution in [3.05, 3.63) is 0 Å². The van der Waals surface area contributed by atoms with Crippen LogP contribution in [0.4, 0.5) is 0 Å². The fourth-order valence-electron chi connectivity index (χ4n) is 2.63. The SMILES string of the molecule is CCOCC(C)(CN)N1CC(C)CC1C. The summed E-state index contributed by atoms with van der Waals surface area (Å²) in [6.07, 6.45) is 1.28. The number of ether oxygens (including phenoxy) is 1. The zero-order chi connectivity index (χ0) is 11.5. The summed E-state index contributed by atoms with van der Waals surface area (Å²) in [5, 5.41) is 0. The lowest BCUT2D eigenvalue weighted by molar-refractivity contribution is 0.00544. The highest BCUT2D eigenvalue weighted by Gasteiger charge is 2.39. The van der Waals surface area contributed by atoms with E-state index in [1.54, 1.807) is 0 Å². The molecule has 90 valence electrons. The second-order valence-electron chi connectivity index (χ2n) is 5.18. The van der Waals surface area contributed by atoms with Crippen LogP contribution in [0.3, 0.4) is 0 Å². The Morgan fingerprint density at radius 3 is 2.53 bits per heavy atom. The van der Waals surface area contributed by atoms with Gasteiger partial charge in [0.05, 0.1) is 12.1 Å². The Morgan fingerprint density at radius 1 is 1.47 bits per heavy atom. The van der Waals surface area contributed by atoms with E-state index in [2.05, 4.69) is 25.7 Å². The maximum Gasteiger partial charge on any atom is 0.0660 e. The van der Waals surface area contributed by atoms with Crippen LogP contribution in [-0.4, -0.2) is 42.8 Å². The summed E-state index contributed by atoms with van der Waals surface area (Å²) in [5.74, 6) is 0.785. The van der Waals surface area contributed by atoms with Crippen LogP contribution in [-0.2, 0) is 4.74 Å². The quantitative estimate of drug-likeness (QED) is 0.753. The monoisotopic (exact) mass is 214 g/mol. The lowest BCUT2D eigenvalue weighted by atomic mass is 10.0. The van der Waals surface area contributed by atoms with Gasteiger partial charge < -0.3 is 10.5 Å². The molecule has 1 rings (SSSR count). The highest BCUT2D eigenvalue weighted by molar-refractivity contribution is 4.95. The molecule has 3 nitrogen and oxygen atoms in total. The van der Waals surface area contributed by atoms with Crippen molar-refractivity contribution in [1.82, 2.24) is 4.90 Å². The van der Waals surface area contributed by atoms with Crippen LogP contribution in [0.25, 0.3) is 0 Å². The largest absolute Gasteiger partial charge is 0.380 e. The predicted molar refractivity (Wildman–Crippen MR) is 63.9 cm³/mol. The predicted octanol–water partition coefficient (Wildman–Crippen LogP) is 1.47. The van der Waals surface area contributed by atoms with E-state index in [1.165, 1.54) is 6.42 Å². The van der Waals surface area contributed by atoms with E-state index in [0.29, 0.717) is 12.6 Å². The Morgan fingerprint density at radius 2 is 2.13 bits per heavy atom. The van der Waals surface area contributed by atoms with Crippen LogP contribution in [0.15, 0.2) is 0 Å². The molecular weight excluding hydrogens is 188 g/mol. The fourth-order valence-corrected chi connectivity index (χ4v) is 2.63. The van der Waals surface area contributed by atoms with Gasteiger partial charge in [-0.05, 0) is 33.1 Å². The van der Waals surface area contributed by atoms with Crippen molar-refractivity contribution in [2.24, 2.45) is 11.7 Å². The lowest BCUT2D eigenvalue weighted by Crippen LogP contribution is -2.56. The number of nitrogens with two attached hydrogens (primary N) is 1. The third-order valence-electron chi connectivity index (χ3n) is 3.53. The van der Waals surface area contributed by atoms with Gasteiger partial charge in [-0.1, -0.05) is 6.92 Å². The number of likely N-dealkylation sites (tertiary alicyclic amines) is 1. The molecular formula is C12H26N2O. The van der Waals surface area contributed by atoms with Gasteiger partial charge in [-0.3, -0.25) is 4.90 Å². The van der Waals surface area contributed by atoms with Crippen LogP contribution in [0, 0.1) is 5.92 Å². The van der Waals surface area contributed by atoms with Crippen molar-refractivity contribution in [3.63, 3.8) is 0 Å². The van der Waals surface area contributed by atoms with Crippen molar-refractivity contribution >= 4 is 0 Å². The maximum atomic E-state index is 5.91. The van der Waals surface area contributed by atoms with Crippen LogP contribution in [0.2, 0.25) is 0 Å². The smallest absolute Gasteiger partial charge is 0.0660 e. The molecule has 0 aromatic heterocycles. The molecule has 0 radical (unpaired) electrons. The van der Waals surface area contributed by atoms with Gasteiger partial charge in [-0.2, -0.15) is 0 Å². The van der Waals surface area contributed by atoms with Gasteiger partial charge in [0.1, 0.15) is 0 Å². The lowest BCUT2D eigenvalue weighted by Gasteiger charge is -2.40. The number of hydrogen-bond donors (Lipinski definition) is 1. The molecule has 0 spiro atoms. The average Bonchev–Trinajstić information content (AvgIpc) is 2.55. The van der Waals surface area contributed by atoms with Crippen LogP contribution >= 0.6 is 0 Å². The van der Waals surface area contributed by atoms with E-state index in [9.17, 15) is 0 Å². The molecule has 0 amide bonds. The van der Waals surface area contributed by atoms with E-state index >= 15 is 0 Å². The third kappa shape index (κ3) is 2.92. The van der Waals surface area contributed by atoms with Crippen LogP contribution in [0.5, 0.6) is 0 Å². The highest BCUT2D eigenvalue weighted by Crippen LogP contribution is 2.29. The van der Waals surface area contributed by atoms with Crippen LogP contribution in [0.1, 0.15) is 34.1 Å². The zero-order valence-electron chi connectivity index (χ0n) is 10.6. The first-order valence-corrected chi connectivity index (χ1v) is 6.08. The van der Waals surface area contributed by atoms with Gasteiger partial charge in [0, 0.05) is 25.7 Å². The Kier molecular flexibility index (Phi) is 4.56. The first-order chi connectivity index (χ1) is 7.03. The Labute approximate surface area is 94.0 Å². The number of hydrogen-bond acceptors (Lipinski definition) is 3.